The smallest absolute Gasteiger partial charge is 0.204 e. The van der Waals surface area contributed by atoms with Crippen molar-refractivity contribution in [3.63, 3.8) is 0 Å². The first kappa shape index (κ1) is 30.1. The highest BCUT2D eigenvalue weighted by Gasteiger charge is 2.34. The van der Waals surface area contributed by atoms with Gasteiger partial charge in [0.25, 0.3) is 0 Å². The molecule has 0 radical (unpaired) electrons. The molecule has 2 atom stereocenters. The summed E-state index contributed by atoms with van der Waals surface area (Å²) in [5.74, 6) is 4.02. The third kappa shape index (κ3) is 5.23. The van der Waals surface area contributed by atoms with Crippen molar-refractivity contribution in [3.05, 3.63) is 88.0 Å². The summed E-state index contributed by atoms with van der Waals surface area (Å²) in [6, 6.07) is 18.1. The van der Waals surface area contributed by atoms with Crippen LogP contribution in [0.3, 0.4) is 0 Å². The summed E-state index contributed by atoms with van der Waals surface area (Å²) in [5.41, 5.74) is 13.3. The third-order valence-corrected chi connectivity index (χ3v) is 9.78. The molecule has 9 heteroatoms. The van der Waals surface area contributed by atoms with Gasteiger partial charge >= 0.3 is 0 Å². The van der Waals surface area contributed by atoms with Crippen LogP contribution in [0.25, 0.3) is 0 Å². The lowest BCUT2D eigenvalue weighted by molar-refractivity contribution is 0.220. The molecule has 46 heavy (non-hydrogen) atoms. The number of likely N-dealkylation sites (N-methyl/N-ethyl adjacent to an activating group) is 2. The quantitative estimate of drug-likeness (QED) is 0.197. The molecule has 0 saturated carbocycles. The maximum Gasteiger partial charge on any atom is 0.204 e. The Bertz CT molecular complexity index is 1790. The van der Waals surface area contributed by atoms with Gasteiger partial charge in [-0.2, -0.15) is 0 Å². The van der Waals surface area contributed by atoms with Crippen molar-refractivity contribution in [2.24, 2.45) is 0 Å². The maximum atomic E-state index is 10.9. The summed E-state index contributed by atoms with van der Waals surface area (Å²) >= 11 is 0. The second-order valence-corrected chi connectivity index (χ2v) is 12.5. The second kappa shape index (κ2) is 12.0. The molecule has 6 bridgehead atoms. The zero-order valence-electron chi connectivity index (χ0n) is 27.1. The van der Waals surface area contributed by atoms with Crippen molar-refractivity contribution < 1.29 is 28.8 Å². The van der Waals surface area contributed by atoms with Gasteiger partial charge in [0.05, 0.1) is 27.0 Å². The number of anilines is 1. The van der Waals surface area contributed by atoms with E-state index in [0.29, 0.717) is 46.7 Å². The van der Waals surface area contributed by atoms with Gasteiger partial charge in [0, 0.05) is 30.7 Å². The molecule has 0 unspecified atom stereocenters. The van der Waals surface area contributed by atoms with E-state index in [9.17, 15) is 5.11 Å². The molecule has 0 spiro atoms. The molecule has 4 aliphatic rings. The predicted octanol–water partition coefficient (Wildman–Crippen LogP) is 6.44. The first-order valence-electron chi connectivity index (χ1n) is 15.7. The Hall–Kier alpha value is -4.60. The lowest BCUT2D eigenvalue weighted by Crippen LogP contribution is -2.34. The molecule has 0 aromatic heterocycles. The van der Waals surface area contributed by atoms with Crippen LogP contribution < -0.4 is 29.4 Å². The number of ether oxygens (including phenoxy) is 5. The van der Waals surface area contributed by atoms with E-state index in [1.54, 1.807) is 21.3 Å². The van der Waals surface area contributed by atoms with Crippen molar-refractivity contribution in [2.75, 3.05) is 54.2 Å². The molecule has 4 aromatic rings. The lowest BCUT2D eigenvalue weighted by atomic mass is 9.87. The van der Waals surface area contributed by atoms with E-state index in [-0.39, 0.29) is 23.5 Å². The number of benzene rings is 4. The molecule has 0 fully saturated rings. The minimum absolute atomic E-state index is 0.00670. The van der Waals surface area contributed by atoms with Gasteiger partial charge in [0.1, 0.15) is 5.75 Å². The van der Waals surface area contributed by atoms with Gasteiger partial charge < -0.3 is 34.5 Å². The van der Waals surface area contributed by atoms with Crippen LogP contribution >= 0.6 is 0 Å². The molecule has 9 nitrogen and oxygen atoms in total. The van der Waals surface area contributed by atoms with E-state index in [0.717, 1.165) is 54.6 Å². The largest absolute Gasteiger partial charge is 0.503 e. The molecule has 0 aliphatic carbocycles. The number of hydrogen-bond donors (Lipinski definition) is 2. The standard InChI is InChI=1S/C37H41N3O6/c1-39-12-10-23-18-30(42-3)31-20-26(23)28(39)16-22-14-27(38)35(41)32(17-22)45-25-8-6-21(7-9-25)15-29-34-24(11-13-40(29)2)19-33(43-4)36(44-5)37(34)46-31/h6-9,14,17-20,28-29,41H,10-13,15-16,38H2,1-5H3/t28-,29+/m1/s1. The summed E-state index contributed by atoms with van der Waals surface area (Å²) < 4.78 is 31.0. The van der Waals surface area contributed by atoms with Crippen LogP contribution in [0.2, 0.25) is 0 Å². The average molecular weight is 624 g/mol. The van der Waals surface area contributed by atoms with Gasteiger partial charge in [-0.15, -0.1) is 0 Å². The number of phenolic OH excluding ortho intramolecular Hbond substituents is 1. The second-order valence-electron chi connectivity index (χ2n) is 12.5. The number of nitrogens with zero attached hydrogens (tertiary/aromatic N) is 2. The molecule has 4 aliphatic heterocycles. The zero-order chi connectivity index (χ0) is 32.1. The minimum Gasteiger partial charge on any atom is -0.503 e. The summed E-state index contributed by atoms with van der Waals surface area (Å²) in [7, 11) is 9.28. The summed E-state index contributed by atoms with van der Waals surface area (Å²) in [5, 5.41) is 10.9. The molecular formula is C37H41N3O6. The van der Waals surface area contributed by atoms with Crippen LogP contribution in [-0.2, 0) is 25.7 Å². The normalized spacial score (nSPS) is 19.2. The van der Waals surface area contributed by atoms with Gasteiger partial charge in [-0.1, -0.05) is 12.1 Å². The predicted molar refractivity (Wildman–Crippen MR) is 177 cm³/mol. The molecule has 4 heterocycles. The number of hydrogen-bond acceptors (Lipinski definition) is 9. The van der Waals surface area contributed by atoms with E-state index in [1.807, 2.05) is 24.3 Å². The number of methoxy groups -OCH3 is 3. The van der Waals surface area contributed by atoms with E-state index in [4.69, 9.17) is 29.4 Å². The Kier molecular flexibility index (Phi) is 7.82. The zero-order valence-corrected chi connectivity index (χ0v) is 27.1. The van der Waals surface area contributed by atoms with Crippen molar-refractivity contribution in [3.8, 4) is 46.0 Å². The van der Waals surface area contributed by atoms with Crippen molar-refractivity contribution in [1.82, 2.24) is 9.80 Å². The van der Waals surface area contributed by atoms with Crippen LogP contribution in [0.5, 0.6) is 46.0 Å². The minimum atomic E-state index is -0.0580. The molecule has 240 valence electrons. The fourth-order valence-electron chi connectivity index (χ4n) is 7.23. The van der Waals surface area contributed by atoms with E-state index in [1.165, 1.54) is 11.1 Å². The van der Waals surface area contributed by atoms with Crippen LogP contribution in [0.15, 0.2) is 54.6 Å². The first-order chi connectivity index (χ1) is 22.3. The van der Waals surface area contributed by atoms with Crippen LogP contribution in [0.4, 0.5) is 5.69 Å². The van der Waals surface area contributed by atoms with E-state index < -0.39 is 0 Å². The Labute approximate surface area is 270 Å². The highest BCUT2D eigenvalue weighted by atomic mass is 16.5. The summed E-state index contributed by atoms with van der Waals surface area (Å²) in [6.07, 6.45) is 3.12. The van der Waals surface area contributed by atoms with Crippen LogP contribution in [0.1, 0.15) is 45.5 Å². The Morgan fingerprint density at radius 2 is 1.41 bits per heavy atom. The van der Waals surface area contributed by atoms with Gasteiger partial charge in [0.15, 0.2) is 34.5 Å². The highest BCUT2D eigenvalue weighted by molar-refractivity contribution is 5.65. The molecule has 3 N–H and O–H groups in total. The number of rotatable bonds is 3. The molecular weight excluding hydrogens is 582 g/mol. The average Bonchev–Trinajstić information content (AvgIpc) is 3.05. The lowest BCUT2D eigenvalue weighted by Gasteiger charge is -2.37. The molecule has 4 aromatic carbocycles. The van der Waals surface area contributed by atoms with Gasteiger partial charge in [0.2, 0.25) is 5.75 Å². The SMILES string of the molecule is COc1cc2c3cc1Oc1c(OC)c(OC)cc4c1[C@H](Cc1ccc(cc1)Oc1cc(cc(N)c1O)C[C@H]3N(C)CC2)N(C)CC4. The van der Waals surface area contributed by atoms with Crippen molar-refractivity contribution in [2.45, 2.75) is 37.8 Å². The fourth-order valence-corrected chi connectivity index (χ4v) is 7.23. The van der Waals surface area contributed by atoms with Crippen LogP contribution in [0, 0.1) is 0 Å². The maximum absolute atomic E-state index is 10.9. The fraction of sp³-hybridized carbons (Fsp3) is 0.351. The number of nitrogens with two attached hydrogens (primary N) is 1. The summed E-state index contributed by atoms with van der Waals surface area (Å²) in [6.45, 7) is 1.77. The highest BCUT2D eigenvalue weighted by Crippen LogP contribution is 2.52. The van der Waals surface area contributed by atoms with Crippen molar-refractivity contribution in [1.29, 1.82) is 0 Å². The molecule has 0 saturated heterocycles. The van der Waals surface area contributed by atoms with Crippen molar-refractivity contribution >= 4 is 5.69 Å². The Balaban J connectivity index is 1.47. The van der Waals surface area contributed by atoms with E-state index >= 15 is 0 Å². The number of aromatic hydroxyl groups is 1. The Morgan fingerprint density at radius 3 is 2.13 bits per heavy atom. The topological polar surface area (TPSA) is 98.9 Å². The van der Waals surface area contributed by atoms with Crippen LogP contribution in [-0.4, -0.2) is 63.4 Å². The molecule has 8 rings (SSSR count). The number of nitrogen functional groups attached to an aromatic ring is 1. The number of fused-ring (bicyclic) bond motifs is 2. The first-order valence-corrected chi connectivity index (χ1v) is 15.7. The van der Waals surface area contributed by atoms with E-state index in [2.05, 4.69) is 54.2 Å². The monoisotopic (exact) mass is 623 g/mol. The number of phenols is 1. The van der Waals surface area contributed by atoms with Gasteiger partial charge in [-0.25, -0.2) is 0 Å². The molecule has 0 amide bonds. The third-order valence-electron chi connectivity index (χ3n) is 9.78. The summed E-state index contributed by atoms with van der Waals surface area (Å²) in [4.78, 5) is 4.71. The Morgan fingerprint density at radius 1 is 0.739 bits per heavy atom. The van der Waals surface area contributed by atoms with Gasteiger partial charge in [-0.05, 0) is 110 Å². The van der Waals surface area contributed by atoms with Gasteiger partial charge in [-0.3, -0.25) is 9.80 Å².